The Morgan fingerprint density at radius 2 is 2.05 bits per heavy atom. The van der Waals surface area contributed by atoms with E-state index in [4.69, 9.17) is 18.0 Å². The zero-order valence-electron chi connectivity index (χ0n) is 11.7. The van der Waals surface area contributed by atoms with Crippen molar-refractivity contribution in [3.63, 3.8) is 0 Å². The molecule has 1 saturated heterocycles. The van der Waals surface area contributed by atoms with Crippen molar-refractivity contribution in [1.29, 1.82) is 0 Å². The van der Waals surface area contributed by atoms with Crippen molar-refractivity contribution >= 4 is 17.2 Å². The van der Waals surface area contributed by atoms with Gasteiger partial charge in [0.05, 0.1) is 4.99 Å². The van der Waals surface area contributed by atoms with Crippen LogP contribution in [0.25, 0.3) is 0 Å². The molecule has 2 N–H and O–H groups in total. The number of hydrogen-bond donors (Lipinski definition) is 1. The number of benzene rings is 1. The first-order valence-electron chi connectivity index (χ1n) is 6.85. The van der Waals surface area contributed by atoms with Crippen molar-refractivity contribution in [3.05, 3.63) is 35.9 Å². The van der Waals surface area contributed by atoms with Crippen LogP contribution in [0.4, 0.5) is 0 Å². The average Bonchev–Trinajstić information content (AvgIpc) is 2.38. The summed E-state index contributed by atoms with van der Waals surface area (Å²) in [5, 5.41) is 0. The first-order valence-corrected chi connectivity index (χ1v) is 7.25. The predicted molar refractivity (Wildman–Crippen MR) is 84.5 cm³/mol. The SMILES string of the molecule is CC1CN(C)CCN1CC(C(N)=S)c1ccccc1. The van der Waals surface area contributed by atoms with Crippen LogP contribution in [0.15, 0.2) is 30.3 Å². The molecule has 1 heterocycles. The highest BCUT2D eigenvalue weighted by atomic mass is 32.1. The highest BCUT2D eigenvalue weighted by Crippen LogP contribution is 2.20. The molecule has 2 rings (SSSR count). The number of rotatable bonds is 4. The fraction of sp³-hybridized carbons (Fsp3) is 0.533. The van der Waals surface area contributed by atoms with Gasteiger partial charge in [0.15, 0.2) is 0 Å². The van der Waals surface area contributed by atoms with Gasteiger partial charge in [-0.25, -0.2) is 0 Å². The third-order valence-corrected chi connectivity index (χ3v) is 4.22. The maximum Gasteiger partial charge on any atom is 0.0816 e. The van der Waals surface area contributed by atoms with Crippen LogP contribution in [0.2, 0.25) is 0 Å². The van der Waals surface area contributed by atoms with Gasteiger partial charge in [-0.2, -0.15) is 0 Å². The Balaban J connectivity index is 2.07. The summed E-state index contributed by atoms with van der Waals surface area (Å²) in [7, 11) is 2.18. The summed E-state index contributed by atoms with van der Waals surface area (Å²) in [5.74, 6) is 0.155. The van der Waals surface area contributed by atoms with Crippen LogP contribution in [0, 0.1) is 0 Å². The molecular formula is C15H23N3S. The summed E-state index contributed by atoms with van der Waals surface area (Å²) in [6.07, 6.45) is 0. The Labute approximate surface area is 121 Å². The summed E-state index contributed by atoms with van der Waals surface area (Å²) < 4.78 is 0. The molecule has 0 aromatic heterocycles. The van der Waals surface area contributed by atoms with Crippen molar-refractivity contribution in [1.82, 2.24) is 9.80 Å². The maximum atomic E-state index is 5.95. The van der Waals surface area contributed by atoms with Crippen molar-refractivity contribution in [2.45, 2.75) is 18.9 Å². The quantitative estimate of drug-likeness (QED) is 0.849. The number of nitrogens with two attached hydrogens (primary N) is 1. The van der Waals surface area contributed by atoms with Gasteiger partial charge < -0.3 is 10.6 Å². The molecule has 4 heteroatoms. The second kappa shape index (κ2) is 6.46. The summed E-state index contributed by atoms with van der Waals surface area (Å²) in [4.78, 5) is 5.47. The lowest BCUT2D eigenvalue weighted by Crippen LogP contribution is -2.52. The molecule has 0 aliphatic carbocycles. The maximum absolute atomic E-state index is 5.95. The van der Waals surface area contributed by atoms with Crippen LogP contribution in [0.1, 0.15) is 18.4 Å². The molecule has 3 nitrogen and oxygen atoms in total. The van der Waals surface area contributed by atoms with Crippen LogP contribution in [-0.4, -0.2) is 54.1 Å². The van der Waals surface area contributed by atoms with Gasteiger partial charge in [0, 0.05) is 38.1 Å². The molecule has 2 unspecified atom stereocenters. The molecule has 1 aliphatic rings. The van der Waals surface area contributed by atoms with E-state index in [1.807, 2.05) is 18.2 Å². The van der Waals surface area contributed by atoms with Crippen LogP contribution >= 0.6 is 12.2 Å². The second-order valence-electron chi connectivity index (χ2n) is 5.47. The van der Waals surface area contributed by atoms with E-state index in [0.29, 0.717) is 11.0 Å². The minimum atomic E-state index is 0.155. The Morgan fingerprint density at radius 1 is 1.37 bits per heavy atom. The summed E-state index contributed by atoms with van der Waals surface area (Å²) in [6, 6.07) is 10.9. The Morgan fingerprint density at radius 3 is 2.63 bits per heavy atom. The molecule has 0 spiro atoms. The van der Waals surface area contributed by atoms with E-state index >= 15 is 0 Å². The zero-order valence-corrected chi connectivity index (χ0v) is 12.6. The van der Waals surface area contributed by atoms with Crippen molar-refractivity contribution in [2.75, 3.05) is 33.2 Å². The molecule has 0 saturated carbocycles. The topological polar surface area (TPSA) is 32.5 Å². The third kappa shape index (κ3) is 3.75. The summed E-state index contributed by atoms with van der Waals surface area (Å²) >= 11 is 5.27. The Kier molecular flexibility index (Phi) is 4.91. The minimum Gasteiger partial charge on any atom is -0.393 e. The average molecular weight is 277 g/mol. The highest BCUT2D eigenvalue weighted by Gasteiger charge is 2.25. The molecule has 1 aromatic carbocycles. The molecular weight excluding hydrogens is 254 g/mol. The van der Waals surface area contributed by atoms with Gasteiger partial charge >= 0.3 is 0 Å². The van der Waals surface area contributed by atoms with Gasteiger partial charge in [0.2, 0.25) is 0 Å². The molecule has 104 valence electrons. The number of hydrogen-bond acceptors (Lipinski definition) is 3. The van der Waals surface area contributed by atoms with Gasteiger partial charge in [0.25, 0.3) is 0 Å². The van der Waals surface area contributed by atoms with Gasteiger partial charge in [-0.1, -0.05) is 42.5 Å². The van der Waals surface area contributed by atoms with E-state index in [9.17, 15) is 0 Å². The van der Waals surface area contributed by atoms with Gasteiger partial charge in [-0.3, -0.25) is 4.90 Å². The summed E-state index contributed by atoms with van der Waals surface area (Å²) in [6.45, 7) is 6.51. The normalized spacial score (nSPS) is 23.2. The number of likely N-dealkylation sites (N-methyl/N-ethyl adjacent to an activating group) is 1. The number of piperazine rings is 1. The summed E-state index contributed by atoms with van der Waals surface area (Å²) in [5.41, 5.74) is 7.18. The van der Waals surface area contributed by atoms with E-state index in [1.165, 1.54) is 5.56 Å². The highest BCUT2D eigenvalue weighted by molar-refractivity contribution is 7.80. The third-order valence-electron chi connectivity index (χ3n) is 3.93. The van der Waals surface area contributed by atoms with Crippen LogP contribution in [0.3, 0.4) is 0 Å². The minimum absolute atomic E-state index is 0.155. The van der Waals surface area contributed by atoms with Gasteiger partial charge in [-0.15, -0.1) is 0 Å². The fourth-order valence-electron chi connectivity index (χ4n) is 2.73. The molecule has 0 amide bonds. The number of thiocarbonyl (C=S) groups is 1. The van der Waals surface area contributed by atoms with Crippen molar-refractivity contribution in [3.8, 4) is 0 Å². The monoisotopic (exact) mass is 277 g/mol. The Hall–Kier alpha value is -0.970. The van der Waals surface area contributed by atoms with E-state index in [2.05, 4.69) is 35.9 Å². The van der Waals surface area contributed by atoms with Crippen LogP contribution in [-0.2, 0) is 0 Å². The van der Waals surface area contributed by atoms with Crippen molar-refractivity contribution in [2.24, 2.45) is 5.73 Å². The smallest absolute Gasteiger partial charge is 0.0816 e. The fourth-order valence-corrected chi connectivity index (χ4v) is 2.94. The lowest BCUT2D eigenvalue weighted by Gasteiger charge is -2.39. The first kappa shape index (κ1) is 14.4. The molecule has 0 bridgehead atoms. The second-order valence-corrected chi connectivity index (χ2v) is 5.94. The van der Waals surface area contributed by atoms with E-state index < -0.39 is 0 Å². The van der Waals surface area contributed by atoms with E-state index in [0.717, 1.165) is 26.2 Å². The molecule has 19 heavy (non-hydrogen) atoms. The Bertz CT molecular complexity index is 421. The molecule has 2 atom stereocenters. The first-order chi connectivity index (χ1) is 9.08. The van der Waals surface area contributed by atoms with Crippen LogP contribution < -0.4 is 5.73 Å². The lowest BCUT2D eigenvalue weighted by molar-refractivity contribution is 0.0992. The predicted octanol–water partition coefficient (Wildman–Crippen LogP) is 1.69. The lowest BCUT2D eigenvalue weighted by atomic mass is 9.97. The van der Waals surface area contributed by atoms with E-state index in [1.54, 1.807) is 0 Å². The molecule has 0 radical (unpaired) electrons. The number of nitrogens with zero attached hydrogens (tertiary/aromatic N) is 2. The largest absolute Gasteiger partial charge is 0.393 e. The van der Waals surface area contributed by atoms with Gasteiger partial charge in [-0.05, 0) is 19.5 Å². The zero-order chi connectivity index (χ0) is 13.8. The molecule has 1 aromatic rings. The standard InChI is InChI=1S/C15H23N3S/c1-12-10-17(2)8-9-18(12)11-14(15(16)19)13-6-4-3-5-7-13/h3-7,12,14H,8-11H2,1-2H3,(H2,16,19). The van der Waals surface area contributed by atoms with E-state index in [-0.39, 0.29) is 5.92 Å². The van der Waals surface area contributed by atoms with Gasteiger partial charge in [0.1, 0.15) is 0 Å². The molecule has 1 fully saturated rings. The molecule has 1 aliphatic heterocycles. The van der Waals surface area contributed by atoms with Crippen molar-refractivity contribution < 1.29 is 0 Å². The van der Waals surface area contributed by atoms with Crippen LogP contribution in [0.5, 0.6) is 0 Å².